The van der Waals surface area contributed by atoms with E-state index in [4.69, 9.17) is 4.74 Å². The first-order valence-corrected chi connectivity index (χ1v) is 17.4. The molecule has 1 saturated carbocycles. The minimum Gasteiger partial charge on any atom is -0.508 e. The van der Waals surface area contributed by atoms with Gasteiger partial charge in [-0.15, -0.1) is 0 Å². The number of allylic oxidation sites excluding steroid dienone is 4. The lowest BCUT2D eigenvalue weighted by molar-refractivity contribution is -0.135. The van der Waals surface area contributed by atoms with Crippen LogP contribution in [0.1, 0.15) is 35.4 Å². The van der Waals surface area contributed by atoms with Crippen molar-refractivity contribution in [3.05, 3.63) is 141 Å². The van der Waals surface area contributed by atoms with E-state index in [2.05, 4.69) is 22.6 Å². The van der Waals surface area contributed by atoms with Gasteiger partial charge in [0.05, 0.1) is 30.0 Å². The number of methoxy groups -OCH3 is 1. The summed E-state index contributed by atoms with van der Waals surface area (Å²) >= 11 is 2.19. The van der Waals surface area contributed by atoms with Gasteiger partial charge >= 0.3 is 0 Å². The minimum atomic E-state index is -1.43. The predicted molar refractivity (Wildman–Crippen MR) is 193 cm³/mol. The molecule has 1 aliphatic heterocycles. The number of phenols is 1. The monoisotopic (exact) mass is 761 g/mol. The molecular formula is C41H32INO6. The van der Waals surface area contributed by atoms with E-state index < -0.39 is 35.0 Å². The van der Waals surface area contributed by atoms with E-state index in [1.165, 1.54) is 18.1 Å². The molecule has 49 heavy (non-hydrogen) atoms. The van der Waals surface area contributed by atoms with Crippen molar-refractivity contribution in [2.45, 2.75) is 24.2 Å². The molecule has 0 unspecified atom stereocenters. The third kappa shape index (κ3) is 4.67. The summed E-state index contributed by atoms with van der Waals surface area (Å²) in [6.45, 7) is 0. The number of nitrogens with zero attached hydrogens (tertiary/aromatic N) is 1. The fourth-order valence-corrected chi connectivity index (χ4v) is 9.31. The van der Waals surface area contributed by atoms with E-state index in [-0.39, 0.29) is 35.6 Å². The van der Waals surface area contributed by atoms with Crippen molar-refractivity contribution >= 4 is 57.2 Å². The third-order valence-corrected chi connectivity index (χ3v) is 11.7. The number of halogens is 1. The standard InChI is InChI=1S/C41H32INO6/c1-49-27-16-19-34(44)32(20-27)37-28-17-18-29-36(40(48)43(39(29)47)26-14-12-25(42)13-15-26)31(28)21-33-38(46)30(23-8-4-2-5-9-23)22-35(45)41(33,37)24-10-6-3-7-11-24/h2-17,19-20,22,29,31,33,36-37,44H,18,21H2,1H3/t29-,31+,33-,36-,37+,41-/m0/s1. The van der Waals surface area contributed by atoms with Crippen LogP contribution in [0.2, 0.25) is 0 Å². The number of Topliss-reactive ketones (excluding diaryl/α,β-unsaturated/α-hetero) is 1. The first kappa shape index (κ1) is 31.4. The second-order valence-electron chi connectivity index (χ2n) is 13.2. The number of hydrogen-bond donors (Lipinski definition) is 1. The van der Waals surface area contributed by atoms with Gasteiger partial charge < -0.3 is 9.84 Å². The maximum atomic E-state index is 15.1. The van der Waals surface area contributed by atoms with Crippen LogP contribution >= 0.6 is 22.6 Å². The summed E-state index contributed by atoms with van der Waals surface area (Å²) in [5.74, 6) is -4.17. The molecule has 2 fully saturated rings. The Kier molecular flexibility index (Phi) is 7.66. The van der Waals surface area contributed by atoms with Crippen LogP contribution in [0.15, 0.2) is 121 Å². The van der Waals surface area contributed by atoms with Crippen LogP contribution in [0.4, 0.5) is 5.69 Å². The van der Waals surface area contributed by atoms with Crippen molar-refractivity contribution in [2.24, 2.45) is 23.7 Å². The molecule has 8 heteroatoms. The molecule has 4 aromatic carbocycles. The number of phenolic OH excluding ortho intramolecular Hbond substituents is 1. The Bertz CT molecular complexity index is 2090. The number of anilines is 1. The Morgan fingerprint density at radius 1 is 0.837 bits per heavy atom. The summed E-state index contributed by atoms with van der Waals surface area (Å²) in [4.78, 5) is 59.9. The van der Waals surface area contributed by atoms with Crippen LogP contribution in [0.3, 0.4) is 0 Å². The molecule has 0 spiro atoms. The van der Waals surface area contributed by atoms with E-state index in [0.29, 0.717) is 40.1 Å². The van der Waals surface area contributed by atoms with Gasteiger partial charge in [-0.1, -0.05) is 72.3 Å². The smallest absolute Gasteiger partial charge is 0.238 e. The number of benzene rings is 4. The topological polar surface area (TPSA) is 101 Å². The van der Waals surface area contributed by atoms with E-state index in [9.17, 15) is 14.7 Å². The molecule has 2 amide bonds. The summed E-state index contributed by atoms with van der Waals surface area (Å²) in [6.07, 6.45) is 3.96. The fourth-order valence-electron chi connectivity index (χ4n) is 8.95. The van der Waals surface area contributed by atoms with E-state index in [1.54, 1.807) is 30.3 Å². The molecule has 8 rings (SSSR count). The molecule has 1 heterocycles. The van der Waals surface area contributed by atoms with Gasteiger partial charge in [-0.25, -0.2) is 0 Å². The fraction of sp³-hybridized carbons (Fsp3) is 0.220. The predicted octanol–water partition coefficient (Wildman–Crippen LogP) is 7.03. The van der Waals surface area contributed by atoms with E-state index in [0.717, 1.165) is 9.14 Å². The molecule has 7 nitrogen and oxygen atoms in total. The molecule has 0 aromatic heterocycles. The van der Waals surface area contributed by atoms with Crippen molar-refractivity contribution in [1.29, 1.82) is 0 Å². The highest BCUT2D eigenvalue weighted by atomic mass is 127. The molecule has 0 bridgehead atoms. The summed E-state index contributed by atoms with van der Waals surface area (Å²) in [6, 6.07) is 30.7. The number of imide groups is 1. The number of hydrogen-bond acceptors (Lipinski definition) is 6. The molecule has 1 saturated heterocycles. The summed E-state index contributed by atoms with van der Waals surface area (Å²) in [5.41, 5.74) is 1.93. The number of carbonyl (C=O) groups is 4. The van der Waals surface area contributed by atoms with Gasteiger partial charge in [0.25, 0.3) is 0 Å². The summed E-state index contributed by atoms with van der Waals surface area (Å²) < 4.78 is 6.59. The van der Waals surface area contributed by atoms with Crippen molar-refractivity contribution in [1.82, 2.24) is 0 Å². The molecule has 3 aliphatic carbocycles. The second kappa shape index (κ2) is 11.9. The highest BCUT2D eigenvalue weighted by Crippen LogP contribution is 2.64. The highest BCUT2D eigenvalue weighted by Gasteiger charge is 2.66. The van der Waals surface area contributed by atoms with Crippen molar-refractivity contribution in [3.8, 4) is 11.5 Å². The molecule has 1 N–H and O–H groups in total. The SMILES string of the molecule is COc1ccc(O)c([C@H]2C3=CC[C@@H]4C(=O)N(c5ccc(I)cc5)C(=O)[C@@H]4[C@@H]3C[C@H]3C(=O)C(c4ccccc4)=CC(=O)[C@@]23c2ccccc2)c1. The Morgan fingerprint density at radius 3 is 2.22 bits per heavy atom. The average molecular weight is 762 g/mol. The number of carbonyl (C=O) groups excluding carboxylic acids is 4. The van der Waals surface area contributed by atoms with Crippen molar-refractivity contribution in [3.63, 3.8) is 0 Å². The van der Waals surface area contributed by atoms with Gasteiger partial charge in [0.1, 0.15) is 11.5 Å². The van der Waals surface area contributed by atoms with Gasteiger partial charge in [0.15, 0.2) is 11.6 Å². The second-order valence-corrected chi connectivity index (χ2v) is 14.4. The van der Waals surface area contributed by atoms with Gasteiger partial charge in [-0.2, -0.15) is 0 Å². The molecule has 6 atom stereocenters. The number of aromatic hydroxyl groups is 1. The van der Waals surface area contributed by atoms with E-state index >= 15 is 9.59 Å². The maximum Gasteiger partial charge on any atom is 0.238 e. The average Bonchev–Trinajstić information content (AvgIpc) is 3.39. The van der Waals surface area contributed by atoms with Crippen LogP contribution < -0.4 is 9.64 Å². The first-order valence-electron chi connectivity index (χ1n) is 16.4. The summed E-state index contributed by atoms with van der Waals surface area (Å²) in [7, 11) is 1.53. The van der Waals surface area contributed by atoms with Crippen molar-refractivity contribution in [2.75, 3.05) is 12.0 Å². The Balaban J connectivity index is 1.37. The minimum absolute atomic E-state index is 0.0454. The van der Waals surface area contributed by atoms with Crippen molar-refractivity contribution < 1.29 is 29.0 Å². The van der Waals surface area contributed by atoms with Gasteiger partial charge in [-0.3, -0.25) is 24.1 Å². The van der Waals surface area contributed by atoms with Crippen LogP contribution in [0, 0.1) is 27.2 Å². The number of rotatable bonds is 5. The number of amides is 2. The lowest BCUT2D eigenvalue weighted by atomic mass is 9.44. The summed E-state index contributed by atoms with van der Waals surface area (Å²) in [5, 5.41) is 11.6. The van der Waals surface area contributed by atoms with Crippen LogP contribution in [-0.4, -0.2) is 35.6 Å². The normalized spacial score (nSPS) is 27.6. The lowest BCUT2D eigenvalue weighted by Gasteiger charge is -2.55. The lowest BCUT2D eigenvalue weighted by Crippen LogP contribution is -2.58. The zero-order chi connectivity index (χ0) is 34.0. The zero-order valence-electron chi connectivity index (χ0n) is 26.6. The van der Waals surface area contributed by atoms with Gasteiger partial charge in [0.2, 0.25) is 11.8 Å². The maximum absolute atomic E-state index is 15.1. The Morgan fingerprint density at radius 2 is 1.53 bits per heavy atom. The molecular weight excluding hydrogens is 729 g/mol. The number of fused-ring (bicyclic) bond motifs is 4. The zero-order valence-corrected chi connectivity index (χ0v) is 28.7. The third-order valence-electron chi connectivity index (χ3n) is 11.0. The Labute approximate surface area is 297 Å². The van der Waals surface area contributed by atoms with Gasteiger partial charge in [0, 0.05) is 26.5 Å². The van der Waals surface area contributed by atoms with Crippen LogP contribution in [-0.2, 0) is 24.6 Å². The molecule has 0 radical (unpaired) electrons. The van der Waals surface area contributed by atoms with Gasteiger partial charge in [-0.05, 0) is 101 Å². The molecule has 244 valence electrons. The number of ketones is 2. The number of ether oxygens (including phenoxy) is 1. The highest BCUT2D eigenvalue weighted by molar-refractivity contribution is 14.1. The molecule has 4 aliphatic rings. The van der Waals surface area contributed by atoms with Crippen LogP contribution in [0.5, 0.6) is 11.5 Å². The largest absolute Gasteiger partial charge is 0.508 e. The first-order chi connectivity index (χ1) is 23.7. The molecule has 4 aromatic rings. The quantitative estimate of drug-likeness (QED) is 0.133. The van der Waals surface area contributed by atoms with E-state index in [1.807, 2.05) is 78.9 Å². The van der Waals surface area contributed by atoms with Crippen LogP contribution in [0.25, 0.3) is 5.57 Å². The Hall–Kier alpha value is -4.83.